The van der Waals surface area contributed by atoms with Gasteiger partial charge in [0.2, 0.25) is 5.91 Å². The van der Waals surface area contributed by atoms with Crippen molar-refractivity contribution < 1.29 is 4.79 Å². The van der Waals surface area contributed by atoms with Crippen LogP contribution in [0.1, 0.15) is 58.8 Å². The first-order valence-electron chi connectivity index (χ1n) is 7.72. The first-order valence-corrected chi connectivity index (χ1v) is 7.72. The summed E-state index contributed by atoms with van der Waals surface area (Å²) in [5.41, 5.74) is -0.00229. The van der Waals surface area contributed by atoms with E-state index in [1.54, 1.807) is 0 Å². The maximum atomic E-state index is 12.8. The highest BCUT2D eigenvalue weighted by Gasteiger charge is 2.40. The third kappa shape index (κ3) is 3.19. The van der Waals surface area contributed by atoms with Crippen LogP contribution in [-0.2, 0) is 4.79 Å². The van der Waals surface area contributed by atoms with Crippen molar-refractivity contribution in [3.63, 3.8) is 0 Å². The lowest BCUT2D eigenvalue weighted by atomic mass is 9.93. The fourth-order valence-corrected chi connectivity index (χ4v) is 3.61. The normalized spacial score (nSPS) is 29.1. The van der Waals surface area contributed by atoms with Gasteiger partial charge in [-0.1, -0.05) is 12.2 Å². The molecule has 1 atom stereocenters. The van der Waals surface area contributed by atoms with Crippen molar-refractivity contribution in [2.75, 3.05) is 7.05 Å². The Bertz CT molecular complexity index is 339. The average molecular weight is 264 g/mol. The van der Waals surface area contributed by atoms with Gasteiger partial charge in [-0.2, -0.15) is 0 Å². The van der Waals surface area contributed by atoms with Crippen LogP contribution in [0.3, 0.4) is 0 Å². The summed E-state index contributed by atoms with van der Waals surface area (Å²) in [6, 6.07) is 0.421. The van der Waals surface area contributed by atoms with Gasteiger partial charge in [-0.05, 0) is 65.8 Å². The molecule has 1 aliphatic carbocycles. The van der Waals surface area contributed by atoms with Crippen LogP contribution < -0.4 is 5.32 Å². The highest BCUT2D eigenvalue weighted by atomic mass is 16.2. The molecule has 0 bridgehead atoms. The summed E-state index contributed by atoms with van der Waals surface area (Å²) in [6.07, 6.45) is 12.2. The van der Waals surface area contributed by atoms with Crippen LogP contribution in [0.2, 0.25) is 0 Å². The summed E-state index contributed by atoms with van der Waals surface area (Å²) in [7, 11) is 1.91. The number of carbonyl (C=O) groups is 1. The quantitative estimate of drug-likeness (QED) is 0.778. The second-order valence-corrected chi connectivity index (χ2v) is 6.53. The molecule has 1 fully saturated rings. The molecule has 3 heteroatoms. The molecule has 2 aliphatic rings. The van der Waals surface area contributed by atoms with Crippen LogP contribution in [0.25, 0.3) is 0 Å². The zero-order valence-corrected chi connectivity index (χ0v) is 12.6. The SMILES string of the molecule is CNC1CCCC(C)(C)N(C2CCC=CCC2)C1=O. The molecule has 1 heterocycles. The van der Waals surface area contributed by atoms with E-state index >= 15 is 0 Å². The molecule has 1 N–H and O–H groups in total. The van der Waals surface area contributed by atoms with Gasteiger partial charge in [0.25, 0.3) is 0 Å². The van der Waals surface area contributed by atoms with E-state index in [0.717, 1.165) is 44.9 Å². The Morgan fingerprint density at radius 1 is 1.21 bits per heavy atom. The minimum absolute atomic E-state index is 0.00229. The molecule has 19 heavy (non-hydrogen) atoms. The third-order valence-electron chi connectivity index (χ3n) is 4.68. The number of likely N-dealkylation sites (tertiary alicyclic amines) is 1. The Hall–Kier alpha value is -0.830. The van der Waals surface area contributed by atoms with Crippen LogP contribution in [0.5, 0.6) is 0 Å². The van der Waals surface area contributed by atoms with Gasteiger partial charge in [-0.25, -0.2) is 0 Å². The van der Waals surface area contributed by atoms with E-state index in [4.69, 9.17) is 0 Å². The molecule has 0 aromatic carbocycles. The zero-order chi connectivity index (χ0) is 13.9. The minimum Gasteiger partial charge on any atom is -0.333 e. The molecular formula is C16H28N2O. The Labute approximate surface area is 117 Å². The van der Waals surface area contributed by atoms with E-state index in [0.29, 0.717) is 11.9 Å². The number of amides is 1. The van der Waals surface area contributed by atoms with Gasteiger partial charge in [0.15, 0.2) is 0 Å². The van der Waals surface area contributed by atoms with Crippen LogP contribution in [0.4, 0.5) is 0 Å². The van der Waals surface area contributed by atoms with E-state index in [1.165, 1.54) is 0 Å². The molecule has 1 unspecified atom stereocenters. The summed E-state index contributed by atoms with van der Waals surface area (Å²) >= 11 is 0. The number of allylic oxidation sites excluding steroid dienone is 2. The number of hydrogen-bond acceptors (Lipinski definition) is 2. The zero-order valence-electron chi connectivity index (χ0n) is 12.6. The van der Waals surface area contributed by atoms with Crippen molar-refractivity contribution in [2.45, 2.75) is 76.4 Å². The van der Waals surface area contributed by atoms with Gasteiger partial charge in [-0.3, -0.25) is 4.79 Å². The van der Waals surface area contributed by atoms with Crippen LogP contribution in [0, 0.1) is 0 Å². The van der Waals surface area contributed by atoms with Crippen LogP contribution in [0.15, 0.2) is 12.2 Å². The van der Waals surface area contributed by atoms with E-state index in [2.05, 4.69) is 36.2 Å². The average Bonchev–Trinajstić information content (AvgIpc) is 2.67. The monoisotopic (exact) mass is 264 g/mol. The molecule has 1 saturated heterocycles. The fourth-order valence-electron chi connectivity index (χ4n) is 3.61. The first-order chi connectivity index (χ1) is 9.06. The fraction of sp³-hybridized carbons (Fsp3) is 0.812. The highest BCUT2D eigenvalue weighted by Crippen LogP contribution is 2.33. The summed E-state index contributed by atoms with van der Waals surface area (Å²) in [6.45, 7) is 4.47. The molecule has 1 amide bonds. The van der Waals surface area contributed by atoms with Crippen molar-refractivity contribution in [3.8, 4) is 0 Å². The predicted octanol–water partition coefficient (Wildman–Crippen LogP) is 2.86. The van der Waals surface area contributed by atoms with Crippen molar-refractivity contribution in [1.29, 1.82) is 0 Å². The van der Waals surface area contributed by atoms with Gasteiger partial charge < -0.3 is 10.2 Å². The Kier molecular flexibility index (Phi) is 4.67. The van der Waals surface area contributed by atoms with E-state index in [1.807, 2.05) is 7.05 Å². The minimum atomic E-state index is -0.00229. The van der Waals surface area contributed by atoms with Crippen LogP contribution in [-0.4, -0.2) is 35.5 Å². The predicted molar refractivity (Wildman–Crippen MR) is 79.0 cm³/mol. The molecular weight excluding hydrogens is 236 g/mol. The van der Waals surface area contributed by atoms with Crippen molar-refractivity contribution in [3.05, 3.63) is 12.2 Å². The van der Waals surface area contributed by atoms with Crippen molar-refractivity contribution >= 4 is 5.91 Å². The van der Waals surface area contributed by atoms with Crippen molar-refractivity contribution in [2.24, 2.45) is 0 Å². The van der Waals surface area contributed by atoms with Gasteiger partial charge in [0.1, 0.15) is 0 Å². The van der Waals surface area contributed by atoms with E-state index in [9.17, 15) is 4.79 Å². The Balaban J connectivity index is 2.22. The van der Waals surface area contributed by atoms with E-state index in [-0.39, 0.29) is 11.6 Å². The highest BCUT2D eigenvalue weighted by molar-refractivity contribution is 5.83. The molecule has 0 aromatic heterocycles. The first kappa shape index (κ1) is 14.6. The summed E-state index contributed by atoms with van der Waals surface area (Å²) in [5, 5.41) is 3.21. The second kappa shape index (κ2) is 6.08. The topological polar surface area (TPSA) is 32.3 Å². The number of hydrogen-bond donors (Lipinski definition) is 1. The smallest absolute Gasteiger partial charge is 0.240 e. The summed E-state index contributed by atoms with van der Waals surface area (Å²) < 4.78 is 0. The Morgan fingerprint density at radius 3 is 2.42 bits per heavy atom. The van der Waals surface area contributed by atoms with Gasteiger partial charge in [0, 0.05) is 11.6 Å². The Morgan fingerprint density at radius 2 is 1.84 bits per heavy atom. The molecule has 0 saturated carbocycles. The molecule has 0 radical (unpaired) electrons. The van der Waals surface area contributed by atoms with Gasteiger partial charge >= 0.3 is 0 Å². The van der Waals surface area contributed by atoms with Crippen molar-refractivity contribution in [1.82, 2.24) is 10.2 Å². The molecule has 3 nitrogen and oxygen atoms in total. The number of rotatable bonds is 2. The van der Waals surface area contributed by atoms with E-state index < -0.39 is 0 Å². The second-order valence-electron chi connectivity index (χ2n) is 6.53. The molecule has 108 valence electrons. The maximum absolute atomic E-state index is 12.8. The summed E-state index contributed by atoms with van der Waals surface area (Å²) in [4.78, 5) is 15.1. The maximum Gasteiger partial charge on any atom is 0.240 e. The molecule has 1 aliphatic heterocycles. The number of nitrogens with zero attached hydrogens (tertiary/aromatic N) is 1. The largest absolute Gasteiger partial charge is 0.333 e. The van der Waals surface area contributed by atoms with Crippen LogP contribution >= 0.6 is 0 Å². The van der Waals surface area contributed by atoms with Gasteiger partial charge in [-0.15, -0.1) is 0 Å². The number of likely N-dealkylation sites (N-methyl/N-ethyl adjacent to an activating group) is 1. The molecule has 0 aromatic rings. The number of carbonyl (C=O) groups excluding carboxylic acids is 1. The lowest BCUT2D eigenvalue weighted by molar-refractivity contribution is -0.141. The molecule has 0 spiro atoms. The lowest BCUT2D eigenvalue weighted by Crippen LogP contribution is -2.56. The summed E-state index contributed by atoms with van der Waals surface area (Å²) in [5.74, 6) is 0.317. The standard InChI is InChI=1S/C16H28N2O/c1-16(2)12-8-11-14(17-3)15(19)18(16)13-9-6-4-5-7-10-13/h4-5,13-14,17H,6-12H2,1-3H3. The number of nitrogens with one attached hydrogen (secondary N) is 1. The third-order valence-corrected chi connectivity index (χ3v) is 4.68. The van der Waals surface area contributed by atoms with Gasteiger partial charge in [0.05, 0.1) is 6.04 Å². The lowest BCUT2D eigenvalue weighted by Gasteiger charge is -2.43. The molecule has 2 rings (SSSR count).